The number of anilines is 1. The number of carbonyl (C=O) groups excluding carboxylic acids is 1. The van der Waals surface area contributed by atoms with Crippen LogP contribution in [0.3, 0.4) is 0 Å². The lowest BCUT2D eigenvalue weighted by molar-refractivity contribution is -0.0840. The highest BCUT2D eigenvalue weighted by atomic mass is 32.2. The van der Waals surface area contributed by atoms with Crippen LogP contribution in [-0.2, 0) is 14.8 Å². The summed E-state index contributed by atoms with van der Waals surface area (Å²) in [5.41, 5.74) is -0.271. The second-order valence-electron chi connectivity index (χ2n) is 12.7. The fraction of sp³-hybridized carbons (Fsp3) is 0.159. The second kappa shape index (κ2) is 34.7. The van der Waals surface area contributed by atoms with Gasteiger partial charge in [-0.3, -0.25) is 0 Å². The normalized spacial score (nSPS) is 10.3. The Hall–Kier alpha value is -11.6. The van der Waals surface area contributed by atoms with Crippen molar-refractivity contribution in [3.63, 3.8) is 0 Å². The zero-order valence-electron chi connectivity index (χ0n) is 39.2. The van der Waals surface area contributed by atoms with Gasteiger partial charge >= 0.3 is 6.03 Å². The minimum absolute atomic E-state index is 0.197. The zero-order valence-corrected chi connectivity index (χ0v) is 40.0. The van der Waals surface area contributed by atoms with Crippen LogP contribution < -0.4 is 14.8 Å². The number of carbonyl (C=O) groups is 1. The molecule has 1 spiro atoms. The van der Waals surface area contributed by atoms with Crippen LogP contribution in [-0.4, -0.2) is 69.8 Å². The predicted octanol–water partition coefficient (Wildman–Crippen LogP) is 3.45. The molecule has 4 rings (SSSR count). The van der Waals surface area contributed by atoms with Gasteiger partial charge in [0.2, 0.25) is 10.0 Å². The number of hydrogen-bond donors (Lipinski definition) is 1. The van der Waals surface area contributed by atoms with Crippen molar-refractivity contribution in [1.82, 2.24) is 9.21 Å². The first-order valence-corrected chi connectivity index (χ1v) is 22.1. The second-order valence-corrected chi connectivity index (χ2v) is 14.6. The van der Waals surface area contributed by atoms with Crippen LogP contribution in [0.25, 0.3) is 0 Å². The number of rotatable bonds is 5. The van der Waals surface area contributed by atoms with Crippen LogP contribution in [0.2, 0.25) is 0 Å². The molecule has 2 saturated heterocycles. The van der Waals surface area contributed by atoms with E-state index in [4.69, 9.17) is 20.6 Å². The Bertz CT molecular complexity index is 3910. The van der Waals surface area contributed by atoms with Crippen molar-refractivity contribution in [2.45, 2.75) is 30.4 Å². The van der Waals surface area contributed by atoms with Gasteiger partial charge in [-0.2, -0.15) is 4.31 Å². The van der Waals surface area contributed by atoms with Gasteiger partial charge in [0.25, 0.3) is 0 Å². The largest absolute Gasteiger partial charge is 0.497 e. The average molecular weight is 958 g/mol. The minimum atomic E-state index is -3.74. The van der Waals surface area contributed by atoms with Gasteiger partial charge in [0.1, 0.15) is 17.2 Å². The summed E-state index contributed by atoms with van der Waals surface area (Å²) >= 11 is 0. The standard InChI is InChI=1S/C41H4.C22H27N3O6S/c1-3-5-7-9-11-13-15-17-19-21-23-25-27-29-31-33-35-37-39-41-40-38-36-34-32-30-28-26-24-22-20-18-16-14-12-10-8-6-4-2;1-29-18-5-3-17(4-6-18)23-21(26)24-13-11-22(12-14-24)25(15-16-31-22)32(27,28)20-9-7-19(30-2)8-10-20/h1H,2H3;3-10H,11-16H2,1-2H3,(H,23,26). The number of terminal acetylenes is 1. The van der Waals surface area contributed by atoms with Gasteiger partial charge in [-0.25, -0.2) is 13.2 Å². The van der Waals surface area contributed by atoms with E-state index < -0.39 is 15.7 Å². The first-order chi connectivity index (χ1) is 35.8. The monoisotopic (exact) mass is 957 g/mol. The van der Waals surface area contributed by atoms with Crippen LogP contribution in [0.4, 0.5) is 10.5 Å². The van der Waals surface area contributed by atoms with Crippen molar-refractivity contribution in [1.29, 1.82) is 0 Å². The van der Waals surface area contributed by atoms with Crippen LogP contribution in [0.1, 0.15) is 19.8 Å². The summed E-state index contributed by atoms with van der Waals surface area (Å²) in [6.45, 7) is 3.07. The molecule has 0 unspecified atom stereocenters. The van der Waals surface area contributed by atoms with Crippen LogP contribution in [0.5, 0.6) is 11.5 Å². The number of benzene rings is 2. The molecule has 0 radical (unpaired) electrons. The van der Waals surface area contributed by atoms with Gasteiger partial charge in [-0.05, 0) is 150 Å². The van der Waals surface area contributed by atoms with Crippen molar-refractivity contribution in [2.75, 3.05) is 45.8 Å². The number of amides is 2. The maximum Gasteiger partial charge on any atom is 0.321 e. The Morgan fingerprint density at radius 2 is 0.822 bits per heavy atom. The van der Waals surface area contributed by atoms with Gasteiger partial charge in [-0.1, -0.05) is 5.92 Å². The number of nitrogens with one attached hydrogen (secondary N) is 1. The third kappa shape index (κ3) is 22.6. The lowest BCUT2D eigenvalue weighted by Crippen LogP contribution is -2.56. The highest BCUT2D eigenvalue weighted by Crippen LogP contribution is 2.38. The van der Waals surface area contributed by atoms with Gasteiger partial charge in [0, 0.05) is 168 Å². The highest BCUT2D eigenvalue weighted by molar-refractivity contribution is 7.89. The molecule has 0 aliphatic carbocycles. The number of piperidine rings is 1. The van der Waals surface area contributed by atoms with Crippen LogP contribution in [0, 0.1) is 237 Å². The Morgan fingerprint density at radius 1 is 0.507 bits per heavy atom. The number of hydrogen-bond acceptors (Lipinski definition) is 6. The summed E-state index contributed by atoms with van der Waals surface area (Å²) in [6.07, 6.45) is 5.73. The molecule has 2 fully saturated rings. The van der Waals surface area contributed by atoms with E-state index in [1.807, 2.05) is 0 Å². The predicted molar refractivity (Wildman–Crippen MR) is 281 cm³/mol. The quantitative estimate of drug-likeness (QED) is 0.462. The van der Waals surface area contributed by atoms with Crippen molar-refractivity contribution in [3.05, 3.63) is 48.5 Å². The topological polar surface area (TPSA) is 97.4 Å². The molecule has 0 bridgehead atoms. The molecule has 2 aromatic carbocycles. The van der Waals surface area contributed by atoms with E-state index in [-0.39, 0.29) is 17.5 Å². The number of ether oxygens (including phenoxy) is 3. The minimum Gasteiger partial charge on any atom is -0.497 e. The molecular formula is C63H31N3O6S. The van der Waals surface area contributed by atoms with Crippen molar-refractivity contribution < 1.29 is 27.4 Å². The SMILES string of the molecule is C#CC#CC#CC#CC#CC#CC#CC#CC#CC#CC#CC#CC#CC#CC#CC#CC#CC#CC#CC#CC.COc1ccc(NC(=O)N2CCC3(CC2)OCCN3S(=O)(=O)c2ccc(OC)cc2)cc1. The number of urea groups is 1. The van der Waals surface area contributed by atoms with E-state index in [0.717, 1.165) is 0 Å². The average Bonchev–Trinajstić information content (AvgIpc) is 3.83. The van der Waals surface area contributed by atoms with Gasteiger partial charge in [-0.15, -0.1) is 6.42 Å². The molecule has 340 valence electrons. The summed E-state index contributed by atoms with van der Waals surface area (Å²) < 4.78 is 44.3. The summed E-state index contributed by atoms with van der Waals surface area (Å²) in [4.78, 5) is 14.6. The lowest BCUT2D eigenvalue weighted by Gasteiger charge is -2.42. The zero-order chi connectivity index (χ0) is 52.3. The lowest BCUT2D eigenvalue weighted by atomic mass is 10.0. The Balaban J connectivity index is 0.000000394. The van der Waals surface area contributed by atoms with Crippen molar-refractivity contribution in [2.24, 2.45) is 0 Å². The van der Waals surface area contributed by atoms with Gasteiger partial charge < -0.3 is 24.4 Å². The smallest absolute Gasteiger partial charge is 0.321 e. The molecule has 2 heterocycles. The molecular weight excluding hydrogens is 927 g/mol. The first-order valence-electron chi connectivity index (χ1n) is 20.7. The van der Waals surface area contributed by atoms with E-state index in [0.29, 0.717) is 49.7 Å². The molecule has 10 heteroatoms. The third-order valence-electron chi connectivity index (χ3n) is 8.39. The fourth-order valence-electron chi connectivity index (χ4n) is 5.33. The van der Waals surface area contributed by atoms with E-state index >= 15 is 0 Å². The molecule has 1 N–H and O–H groups in total. The number of nitrogens with zero attached hydrogens (tertiary/aromatic N) is 2. The fourth-order valence-corrected chi connectivity index (χ4v) is 7.05. The Labute approximate surface area is 429 Å². The summed E-state index contributed by atoms with van der Waals surface area (Å²) in [6, 6.07) is 13.2. The molecule has 0 saturated carbocycles. The molecule has 0 aromatic heterocycles. The van der Waals surface area contributed by atoms with Gasteiger partial charge in [0.15, 0.2) is 0 Å². The Morgan fingerprint density at radius 3 is 1.14 bits per heavy atom. The summed E-state index contributed by atoms with van der Waals surface area (Å²) in [5, 5.41) is 2.87. The molecule has 9 nitrogen and oxygen atoms in total. The molecule has 0 atom stereocenters. The summed E-state index contributed by atoms with van der Waals surface area (Å²) in [7, 11) is -0.626. The summed E-state index contributed by atoms with van der Waals surface area (Å²) in [5.74, 6) is 98.2. The molecule has 2 amide bonds. The van der Waals surface area contributed by atoms with Crippen LogP contribution >= 0.6 is 0 Å². The number of methoxy groups -OCH3 is 2. The maximum absolute atomic E-state index is 13.3. The number of sulfonamides is 1. The number of likely N-dealkylation sites (tertiary alicyclic amines) is 1. The van der Waals surface area contributed by atoms with Gasteiger partial charge in [0.05, 0.1) is 25.7 Å². The molecule has 2 aliphatic rings. The van der Waals surface area contributed by atoms with E-state index in [9.17, 15) is 13.2 Å². The first kappa shape index (κ1) is 55.7. The van der Waals surface area contributed by atoms with Crippen molar-refractivity contribution >= 4 is 21.7 Å². The molecule has 2 aliphatic heterocycles. The highest BCUT2D eigenvalue weighted by Gasteiger charge is 2.51. The van der Waals surface area contributed by atoms with E-state index in [1.165, 1.54) is 23.5 Å². The van der Waals surface area contributed by atoms with E-state index in [2.05, 4.69) is 236 Å². The molecule has 2 aromatic rings. The van der Waals surface area contributed by atoms with E-state index in [1.54, 1.807) is 55.3 Å². The molecule has 73 heavy (non-hydrogen) atoms. The van der Waals surface area contributed by atoms with Crippen LogP contribution in [0.15, 0.2) is 53.4 Å². The maximum atomic E-state index is 13.3. The Kier molecular flexibility index (Phi) is 26.4. The van der Waals surface area contributed by atoms with Crippen molar-refractivity contribution in [3.8, 4) is 249 Å². The third-order valence-corrected chi connectivity index (χ3v) is 10.4.